The summed E-state index contributed by atoms with van der Waals surface area (Å²) in [5.74, 6) is -2.61. The number of carbonyl (C=O) groups excluding carboxylic acids is 4. The minimum Gasteiger partial charge on any atom is -0.457 e. The predicted molar refractivity (Wildman–Crippen MR) is 178 cm³/mol. The zero-order chi connectivity index (χ0) is 33.2. The molecule has 0 saturated carbocycles. The van der Waals surface area contributed by atoms with Crippen molar-refractivity contribution >= 4 is 47.1 Å². The minimum absolute atomic E-state index is 0. The molecule has 3 atom stereocenters. The Labute approximate surface area is 279 Å². The highest BCUT2D eigenvalue weighted by molar-refractivity contribution is 5.92. The van der Waals surface area contributed by atoms with E-state index in [0.717, 1.165) is 16.5 Å². The van der Waals surface area contributed by atoms with Crippen molar-refractivity contribution in [2.45, 2.75) is 90.6 Å². The monoisotopic (exact) mass is 667 g/mol. The molecule has 1 aromatic carbocycles. The quantitative estimate of drug-likeness (QED) is 0.152. The number of nitrogens with two attached hydrogens (primary N) is 1. The molecule has 0 radical (unpaired) electrons. The van der Waals surface area contributed by atoms with Crippen molar-refractivity contribution in [3.05, 3.63) is 63.4 Å². The highest BCUT2D eigenvalue weighted by Gasteiger charge is 2.51. The van der Waals surface area contributed by atoms with Gasteiger partial charge in [-0.2, -0.15) is 0 Å². The topological polar surface area (TPSA) is 172 Å². The molecule has 4 heterocycles. The Morgan fingerprint density at radius 3 is 2.53 bits per heavy atom. The number of halogens is 1. The number of fused-ring (bicyclic) bond motifs is 5. The average molecular weight is 668 g/mol. The summed E-state index contributed by atoms with van der Waals surface area (Å²) in [6.45, 7) is 7.26. The van der Waals surface area contributed by atoms with Gasteiger partial charge in [-0.3, -0.25) is 14.4 Å². The summed E-state index contributed by atoms with van der Waals surface area (Å²) < 4.78 is 13.1. The van der Waals surface area contributed by atoms with Crippen LogP contribution in [0.2, 0.25) is 0 Å². The van der Waals surface area contributed by atoms with E-state index in [1.807, 2.05) is 44.2 Å². The fraction of sp³-hybridized carbons (Fsp3) is 0.471. The number of rotatable bonds is 12. The molecule has 0 aliphatic carbocycles. The Kier molecular flexibility index (Phi) is 11.1. The van der Waals surface area contributed by atoms with Crippen LogP contribution in [0.4, 0.5) is 0 Å². The molecule has 0 spiro atoms. The lowest BCUT2D eigenvalue weighted by Gasteiger charge is -2.37. The number of cyclic esters (lactones) is 1. The smallest absolute Gasteiger partial charge is 0.355 e. The first kappa shape index (κ1) is 35.6. The molecule has 2 aliphatic heterocycles. The molecule has 2 aliphatic rings. The number of pyridine rings is 2. The third-order valence-corrected chi connectivity index (χ3v) is 8.61. The van der Waals surface area contributed by atoms with Gasteiger partial charge in [-0.1, -0.05) is 39.0 Å². The van der Waals surface area contributed by atoms with E-state index in [-0.39, 0.29) is 60.4 Å². The van der Waals surface area contributed by atoms with Crippen molar-refractivity contribution in [2.75, 3.05) is 6.54 Å². The third kappa shape index (κ3) is 7.03. The van der Waals surface area contributed by atoms with Crippen LogP contribution in [0.1, 0.15) is 76.5 Å². The number of esters is 2. The molecular weight excluding hydrogens is 626 g/mol. The summed E-state index contributed by atoms with van der Waals surface area (Å²) in [5.41, 5.74) is 6.59. The molecule has 0 saturated heterocycles. The van der Waals surface area contributed by atoms with E-state index in [1.54, 1.807) is 17.6 Å². The standard InChI is InChI=1S/C34H41N5O7.ClH/c1-5-34(46-32(43)27(14-19(2)3)38-30(41)26(36-20(4)40)12-8-9-13-35)24-16-28-29-22(15-21-10-6-7-11-25(21)37-29)17-39(28)31(42)23(24)18-45-33(34)44;/h6-7,10-11,15-16,19,26-27H,5,8-9,12-14,17-18,35H2,1-4H3,(H,36,40)(H,38,41);1H/t26?,27?,34-;/m0./s1. The number of carbonyl (C=O) groups is 4. The summed E-state index contributed by atoms with van der Waals surface area (Å²) in [4.78, 5) is 71.4. The molecule has 252 valence electrons. The maximum absolute atomic E-state index is 13.9. The summed E-state index contributed by atoms with van der Waals surface area (Å²) in [7, 11) is 0. The summed E-state index contributed by atoms with van der Waals surface area (Å²) in [5, 5.41) is 6.34. The third-order valence-electron chi connectivity index (χ3n) is 8.61. The molecule has 2 aromatic heterocycles. The van der Waals surface area contributed by atoms with Gasteiger partial charge in [0.25, 0.3) is 5.56 Å². The molecule has 3 aromatic rings. The van der Waals surface area contributed by atoms with E-state index in [0.29, 0.717) is 43.7 Å². The van der Waals surface area contributed by atoms with Gasteiger partial charge >= 0.3 is 11.9 Å². The SMILES string of the molecule is CC[C@@]1(OC(=O)C(CC(C)C)NC(=O)C(CCCCN)NC(C)=O)C(=O)OCc2c1cc1n(c2=O)Cc2cc3ccccc3nc2-1.Cl. The maximum atomic E-state index is 13.9. The van der Waals surface area contributed by atoms with Crippen molar-refractivity contribution < 1.29 is 28.7 Å². The van der Waals surface area contributed by atoms with Gasteiger partial charge in [0, 0.05) is 23.4 Å². The first-order valence-corrected chi connectivity index (χ1v) is 15.8. The van der Waals surface area contributed by atoms with Crippen LogP contribution in [0.25, 0.3) is 22.3 Å². The second-order valence-corrected chi connectivity index (χ2v) is 12.4. The normalized spacial score (nSPS) is 17.4. The van der Waals surface area contributed by atoms with E-state index in [2.05, 4.69) is 10.6 Å². The van der Waals surface area contributed by atoms with Gasteiger partial charge in [-0.15, -0.1) is 12.4 Å². The van der Waals surface area contributed by atoms with Crippen LogP contribution < -0.4 is 21.9 Å². The average Bonchev–Trinajstić information content (AvgIpc) is 3.37. The second-order valence-electron chi connectivity index (χ2n) is 12.4. The largest absolute Gasteiger partial charge is 0.457 e. The number of nitrogens with zero attached hydrogens (tertiary/aromatic N) is 2. The number of aromatic nitrogens is 2. The first-order valence-electron chi connectivity index (χ1n) is 15.8. The van der Waals surface area contributed by atoms with Crippen LogP contribution in [0.5, 0.6) is 0 Å². The molecule has 2 amide bonds. The van der Waals surface area contributed by atoms with E-state index < -0.39 is 35.5 Å². The number of para-hydroxylation sites is 1. The van der Waals surface area contributed by atoms with Gasteiger partial charge in [0.15, 0.2) is 0 Å². The number of nitrogens with one attached hydrogen (secondary N) is 2. The van der Waals surface area contributed by atoms with Crippen LogP contribution in [0.15, 0.2) is 41.2 Å². The Hall–Kier alpha value is -4.29. The summed E-state index contributed by atoms with van der Waals surface area (Å²) in [6, 6.07) is 9.36. The van der Waals surface area contributed by atoms with Crippen molar-refractivity contribution in [1.82, 2.24) is 20.2 Å². The fourth-order valence-electron chi connectivity index (χ4n) is 6.29. The molecule has 47 heavy (non-hydrogen) atoms. The summed E-state index contributed by atoms with van der Waals surface area (Å²) in [6.07, 6.45) is 1.80. The zero-order valence-electron chi connectivity index (χ0n) is 27.1. The van der Waals surface area contributed by atoms with Gasteiger partial charge in [-0.05, 0) is 62.8 Å². The van der Waals surface area contributed by atoms with Crippen LogP contribution in [-0.2, 0) is 47.4 Å². The number of hydrogen-bond acceptors (Lipinski definition) is 9. The minimum atomic E-state index is -1.92. The highest BCUT2D eigenvalue weighted by atomic mass is 35.5. The van der Waals surface area contributed by atoms with Crippen molar-refractivity contribution in [3.63, 3.8) is 0 Å². The van der Waals surface area contributed by atoms with Crippen LogP contribution >= 0.6 is 12.4 Å². The second kappa shape index (κ2) is 14.6. The predicted octanol–water partition coefficient (Wildman–Crippen LogP) is 3.22. The number of ether oxygens (including phenoxy) is 2. The maximum Gasteiger partial charge on any atom is 0.355 e. The van der Waals surface area contributed by atoms with Gasteiger partial charge in [-0.25, -0.2) is 14.6 Å². The fourth-order valence-corrected chi connectivity index (χ4v) is 6.29. The lowest BCUT2D eigenvalue weighted by atomic mass is 9.85. The summed E-state index contributed by atoms with van der Waals surface area (Å²) >= 11 is 0. The van der Waals surface area contributed by atoms with Gasteiger partial charge in [0.1, 0.15) is 18.7 Å². The molecule has 0 fully saturated rings. The zero-order valence-corrected chi connectivity index (χ0v) is 27.9. The lowest BCUT2D eigenvalue weighted by Crippen LogP contribution is -2.54. The van der Waals surface area contributed by atoms with E-state index >= 15 is 0 Å². The number of benzene rings is 1. The van der Waals surface area contributed by atoms with E-state index in [1.165, 1.54) is 6.92 Å². The Balaban J connectivity index is 0.00000500. The molecule has 0 bridgehead atoms. The van der Waals surface area contributed by atoms with Crippen molar-refractivity contribution in [3.8, 4) is 11.4 Å². The van der Waals surface area contributed by atoms with Crippen LogP contribution in [0.3, 0.4) is 0 Å². The lowest BCUT2D eigenvalue weighted by molar-refractivity contribution is -0.191. The highest BCUT2D eigenvalue weighted by Crippen LogP contribution is 2.41. The van der Waals surface area contributed by atoms with E-state index in [4.69, 9.17) is 20.2 Å². The molecule has 4 N–H and O–H groups in total. The molecule has 13 heteroatoms. The van der Waals surface area contributed by atoms with Gasteiger partial charge in [0.2, 0.25) is 17.4 Å². The molecule has 5 rings (SSSR count). The Bertz CT molecular complexity index is 1760. The molecule has 12 nitrogen and oxygen atoms in total. The van der Waals surface area contributed by atoms with Crippen LogP contribution in [-0.4, -0.2) is 51.9 Å². The van der Waals surface area contributed by atoms with Crippen molar-refractivity contribution in [1.29, 1.82) is 0 Å². The van der Waals surface area contributed by atoms with Crippen molar-refractivity contribution in [2.24, 2.45) is 11.7 Å². The number of hydrogen-bond donors (Lipinski definition) is 3. The van der Waals surface area contributed by atoms with E-state index in [9.17, 15) is 24.0 Å². The van der Waals surface area contributed by atoms with Gasteiger partial charge in [0.05, 0.1) is 29.0 Å². The molecular formula is C34H42ClN5O7. The van der Waals surface area contributed by atoms with Crippen LogP contribution in [0, 0.1) is 5.92 Å². The number of unbranched alkanes of at least 4 members (excludes halogenated alkanes) is 1. The van der Waals surface area contributed by atoms with Gasteiger partial charge < -0.3 is 30.4 Å². The first-order chi connectivity index (χ1) is 22.0. The Morgan fingerprint density at radius 2 is 1.85 bits per heavy atom. The Morgan fingerprint density at radius 1 is 1.11 bits per heavy atom. The number of amides is 2. The molecule has 2 unspecified atom stereocenters.